The zero-order valence-electron chi connectivity index (χ0n) is 10.2. The number of hydrogen-bond acceptors (Lipinski definition) is 3. The number of benzene rings is 1. The van der Waals surface area contributed by atoms with Crippen LogP contribution in [-0.2, 0) is 6.42 Å². The number of nitrogens with two attached hydrogens (primary N) is 1. The number of ether oxygens (including phenoxy) is 1. The van der Waals surface area contributed by atoms with Gasteiger partial charge in [0.25, 0.3) is 0 Å². The van der Waals surface area contributed by atoms with E-state index in [0.717, 1.165) is 19.3 Å². The molecule has 3 N–H and O–H groups in total. The molecule has 1 saturated carbocycles. The van der Waals surface area contributed by atoms with Crippen molar-refractivity contribution >= 4 is 0 Å². The van der Waals surface area contributed by atoms with Gasteiger partial charge in [-0.1, -0.05) is 0 Å². The molecule has 1 aromatic carbocycles. The summed E-state index contributed by atoms with van der Waals surface area (Å²) in [5, 5.41) is 9.76. The minimum atomic E-state index is -0.677. The Kier molecular flexibility index (Phi) is 3.00. The fourth-order valence-corrected chi connectivity index (χ4v) is 2.05. The maximum absolute atomic E-state index is 13.8. The van der Waals surface area contributed by atoms with Crippen molar-refractivity contribution in [2.24, 2.45) is 5.73 Å². The first kappa shape index (κ1) is 12.2. The van der Waals surface area contributed by atoms with Gasteiger partial charge in [0.2, 0.25) is 5.82 Å². The summed E-state index contributed by atoms with van der Waals surface area (Å²) >= 11 is 0. The van der Waals surface area contributed by atoms with E-state index in [9.17, 15) is 9.50 Å². The average molecular weight is 239 g/mol. The number of phenols is 1. The number of halogens is 1. The molecule has 17 heavy (non-hydrogen) atoms. The van der Waals surface area contributed by atoms with Crippen molar-refractivity contribution in [1.29, 1.82) is 0 Å². The lowest BCUT2D eigenvalue weighted by Crippen LogP contribution is -2.22. The molecule has 0 aliphatic heterocycles. The van der Waals surface area contributed by atoms with E-state index in [-0.39, 0.29) is 17.0 Å². The molecule has 1 aliphatic rings. The van der Waals surface area contributed by atoms with Crippen LogP contribution < -0.4 is 10.5 Å². The lowest BCUT2D eigenvalue weighted by Gasteiger charge is -2.13. The Morgan fingerprint density at radius 1 is 1.53 bits per heavy atom. The highest BCUT2D eigenvalue weighted by Gasteiger charge is 2.37. The van der Waals surface area contributed by atoms with Gasteiger partial charge in [-0.2, -0.15) is 4.39 Å². The van der Waals surface area contributed by atoms with Crippen LogP contribution in [0.5, 0.6) is 11.5 Å². The quantitative estimate of drug-likeness (QED) is 0.847. The summed E-state index contributed by atoms with van der Waals surface area (Å²) in [5.41, 5.74) is 7.19. The molecule has 1 aliphatic carbocycles. The Hall–Kier alpha value is -1.29. The first-order valence-electron chi connectivity index (χ1n) is 5.81. The van der Waals surface area contributed by atoms with E-state index >= 15 is 0 Å². The van der Waals surface area contributed by atoms with Gasteiger partial charge in [0.15, 0.2) is 11.5 Å². The molecule has 0 aromatic heterocycles. The summed E-state index contributed by atoms with van der Waals surface area (Å²) in [4.78, 5) is 0. The molecule has 0 heterocycles. The minimum Gasteiger partial charge on any atom is -0.505 e. The van der Waals surface area contributed by atoms with Crippen molar-refractivity contribution in [3.05, 3.63) is 23.0 Å². The fraction of sp³-hybridized carbons (Fsp3) is 0.538. The molecular weight excluding hydrogens is 221 g/mol. The van der Waals surface area contributed by atoms with E-state index < -0.39 is 5.82 Å². The Bertz CT molecular complexity index is 442. The second kappa shape index (κ2) is 4.18. The Morgan fingerprint density at radius 2 is 2.18 bits per heavy atom. The smallest absolute Gasteiger partial charge is 0.207 e. The van der Waals surface area contributed by atoms with Crippen molar-refractivity contribution < 1.29 is 14.2 Å². The van der Waals surface area contributed by atoms with E-state index in [4.69, 9.17) is 10.5 Å². The number of phenolic OH excluding ortho intramolecular Hbond substituents is 1. The molecule has 0 unspecified atom stereocenters. The number of methoxy groups -OCH3 is 1. The highest BCUT2D eigenvalue weighted by molar-refractivity contribution is 5.47. The van der Waals surface area contributed by atoms with Gasteiger partial charge in [-0.3, -0.25) is 0 Å². The maximum atomic E-state index is 13.8. The van der Waals surface area contributed by atoms with Gasteiger partial charge in [0.1, 0.15) is 0 Å². The predicted molar refractivity (Wildman–Crippen MR) is 63.8 cm³/mol. The first-order valence-corrected chi connectivity index (χ1v) is 5.81. The lowest BCUT2D eigenvalue weighted by atomic mass is 10.0. The molecule has 0 bridgehead atoms. The summed E-state index contributed by atoms with van der Waals surface area (Å²) in [6, 6.07) is 1.77. The molecular formula is C13H18FNO2. The van der Waals surface area contributed by atoms with Crippen LogP contribution in [0.1, 0.15) is 30.4 Å². The van der Waals surface area contributed by atoms with Crippen LogP contribution in [0.4, 0.5) is 4.39 Å². The van der Waals surface area contributed by atoms with Crippen LogP contribution >= 0.6 is 0 Å². The molecule has 3 nitrogen and oxygen atoms in total. The zero-order valence-corrected chi connectivity index (χ0v) is 10.2. The second-order valence-electron chi connectivity index (χ2n) is 4.91. The van der Waals surface area contributed by atoms with Crippen LogP contribution in [0.3, 0.4) is 0 Å². The molecule has 0 saturated heterocycles. The molecule has 0 spiro atoms. The Morgan fingerprint density at radius 3 is 2.71 bits per heavy atom. The summed E-state index contributed by atoms with van der Waals surface area (Å²) < 4.78 is 18.7. The predicted octanol–water partition coefficient (Wildman–Crippen LogP) is 2.27. The average Bonchev–Trinajstić information content (AvgIpc) is 3.01. The van der Waals surface area contributed by atoms with Gasteiger partial charge in [-0.25, -0.2) is 0 Å². The van der Waals surface area contributed by atoms with Gasteiger partial charge in [-0.15, -0.1) is 0 Å². The molecule has 1 fully saturated rings. The molecule has 4 heteroatoms. The summed E-state index contributed by atoms with van der Waals surface area (Å²) in [6.45, 7) is 1.76. The molecule has 94 valence electrons. The van der Waals surface area contributed by atoms with Crippen LogP contribution in [-0.4, -0.2) is 17.8 Å². The van der Waals surface area contributed by atoms with E-state index in [0.29, 0.717) is 17.5 Å². The van der Waals surface area contributed by atoms with Gasteiger partial charge in [0, 0.05) is 5.54 Å². The largest absolute Gasteiger partial charge is 0.505 e. The zero-order chi connectivity index (χ0) is 12.6. The van der Waals surface area contributed by atoms with Crippen LogP contribution in [0.2, 0.25) is 0 Å². The van der Waals surface area contributed by atoms with Crippen molar-refractivity contribution in [2.45, 2.75) is 38.1 Å². The van der Waals surface area contributed by atoms with Gasteiger partial charge >= 0.3 is 0 Å². The Labute approximate surface area is 100 Å². The molecule has 2 rings (SSSR count). The number of rotatable bonds is 4. The van der Waals surface area contributed by atoms with Crippen LogP contribution in [0, 0.1) is 12.7 Å². The lowest BCUT2D eigenvalue weighted by molar-refractivity contribution is 0.359. The normalized spacial score (nSPS) is 16.9. The van der Waals surface area contributed by atoms with E-state index in [2.05, 4.69) is 0 Å². The summed E-state index contributed by atoms with van der Waals surface area (Å²) in [7, 11) is 1.39. The van der Waals surface area contributed by atoms with Gasteiger partial charge in [0.05, 0.1) is 7.11 Å². The third-order valence-electron chi connectivity index (χ3n) is 3.45. The Balaban J connectivity index is 2.22. The second-order valence-corrected chi connectivity index (χ2v) is 4.91. The van der Waals surface area contributed by atoms with Gasteiger partial charge < -0.3 is 15.6 Å². The minimum absolute atomic E-state index is 0.0866. The molecule has 0 radical (unpaired) electrons. The standard InChI is InChI=1S/C13H18FNO2/c1-8-7-9(3-4-13(15)5-6-13)11(16)10(14)12(8)17-2/h7,16H,3-6,15H2,1-2H3. The third kappa shape index (κ3) is 2.36. The van der Waals surface area contributed by atoms with E-state index in [1.165, 1.54) is 7.11 Å². The number of aryl methyl sites for hydroxylation is 2. The maximum Gasteiger partial charge on any atom is 0.207 e. The fourth-order valence-electron chi connectivity index (χ4n) is 2.05. The van der Waals surface area contributed by atoms with Crippen molar-refractivity contribution in [2.75, 3.05) is 7.11 Å². The monoisotopic (exact) mass is 239 g/mol. The number of aromatic hydroxyl groups is 1. The molecule has 1 aromatic rings. The molecule has 0 atom stereocenters. The summed E-state index contributed by atoms with van der Waals surface area (Å²) in [5.74, 6) is -0.874. The third-order valence-corrected chi connectivity index (χ3v) is 3.45. The highest BCUT2D eigenvalue weighted by Crippen LogP contribution is 2.39. The number of hydrogen-bond donors (Lipinski definition) is 2. The van der Waals surface area contributed by atoms with Gasteiger partial charge in [-0.05, 0) is 49.8 Å². The first-order chi connectivity index (χ1) is 7.97. The highest BCUT2D eigenvalue weighted by atomic mass is 19.1. The molecule has 0 amide bonds. The van der Waals surface area contributed by atoms with Crippen molar-refractivity contribution in [1.82, 2.24) is 0 Å². The summed E-state index contributed by atoms with van der Waals surface area (Å²) in [6.07, 6.45) is 3.42. The van der Waals surface area contributed by atoms with Crippen molar-refractivity contribution in [3.8, 4) is 11.5 Å². The van der Waals surface area contributed by atoms with E-state index in [1.54, 1.807) is 13.0 Å². The van der Waals surface area contributed by atoms with Crippen molar-refractivity contribution in [3.63, 3.8) is 0 Å². The van der Waals surface area contributed by atoms with E-state index in [1.807, 2.05) is 0 Å². The topological polar surface area (TPSA) is 55.5 Å². The van der Waals surface area contributed by atoms with Crippen LogP contribution in [0.25, 0.3) is 0 Å². The van der Waals surface area contributed by atoms with Crippen LogP contribution in [0.15, 0.2) is 6.07 Å². The SMILES string of the molecule is COc1c(C)cc(CCC2(N)CC2)c(O)c1F.